The number of anilines is 1. The van der Waals surface area contributed by atoms with Crippen molar-refractivity contribution in [3.05, 3.63) is 90.5 Å². The van der Waals surface area contributed by atoms with Crippen LogP contribution in [0.3, 0.4) is 0 Å². The third kappa shape index (κ3) is 5.08. The van der Waals surface area contributed by atoms with Crippen molar-refractivity contribution in [2.24, 2.45) is 0 Å². The number of quaternary nitrogens is 1. The molecule has 1 saturated heterocycles. The maximum absolute atomic E-state index is 12.9. The van der Waals surface area contributed by atoms with Gasteiger partial charge in [0.05, 0.1) is 26.2 Å². The first-order valence-corrected chi connectivity index (χ1v) is 10.8. The largest absolute Gasteiger partial charge is 0.374 e. The molecule has 0 unspecified atom stereocenters. The number of nitrogens with zero attached hydrogens (tertiary/aromatic N) is 1. The summed E-state index contributed by atoms with van der Waals surface area (Å²) in [7, 11) is 0. The van der Waals surface area contributed by atoms with Crippen molar-refractivity contribution in [2.75, 3.05) is 31.5 Å². The Morgan fingerprint density at radius 1 is 0.867 bits per heavy atom. The van der Waals surface area contributed by atoms with E-state index in [9.17, 15) is 4.79 Å². The average molecular weight is 401 g/mol. The predicted molar refractivity (Wildman–Crippen MR) is 122 cm³/mol. The number of piperazine rings is 1. The van der Waals surface area contributed by atoms with Crippen molar-refractivity contribution in [1.82, 2.24) is 4.90 Å². The Kier molecular flexibility index (Phi) is 6.45. The number of nitrogens with one attached hydrogen (secondary N) is 2. The second-order valence-corrected chi connectivity index (χ2v) is 8.05. The van der Waals surface area contributed by atoms with Crippen molar-refractivity contribution in [3.8, 4) is 11.1 Å². The molecule has 0 spiro atoms. The van der Waals surface area contributed by atoms with E-state index < -0.39 is 0 Å². The molecule has 4 nitrogen and oxygen atoms in total. The fraction of sp³-hybridized carbons (Fsp3) is 0.269. The number of amides is 1. The van der Waals surface area contributed by atoms with E-state index in [0.717, 1.165) is 38.4 Å². The van der Waals surface area contributed by atoms with E-state index in [1.54, 1.807) is 4.90 Å². The molecule has 1 atom stereocenters. The zero-order chi connectivity index (χ0) is 20.8. The fourth-order valence-electron chi connectivity index (χ4n) is 4.08. The van der Waals surface area contributed by atoms with Gasteiger partial charge in [-0.15, -0.1) is 0 Å². The van der Waals surface area contributed by atoms with E-state index in [1.807, 2.05) is 42.2 Å². The molecule has 0 bridgehead atoms. The third-order valence-corrected chi connectivity index (χ3v) is 5.82. The number of carbonyl (C=O) groups is 1. The van der Waals surface area contributed by atoms with E-state index in [-0.39, 0.29) is 11.9 Å². The molecule has 2 N–H and O–H groups in total. The lowest BCUT2D eigenvalue weighted by atomic mass is 10.1. The van der Waals surface area contributed by atoms with Crippen LogP contribution >= 0.6 is 0 Å². The first-order chi connectivity index (χ1) is 14.7. The fourth-order valence-corrected chi connectivity index (χ4v) is 4.08. The van der Waals surface area contributed by atoms with Crippen molar-refractivity contribution < 1.29 is 9.69 Å². The molecule has 0 aliphatic carbocycles. The maximum Gasteiger partial charge on any atom is 0.245 e. The molecule has 1 aliphatic rings. The smallest absolute Gasteiger partial charge is 0.245 e. The zero-order valence-corrected chi connectivity index (χ0v) is 17.6. The number of rotatable bonds is 6. The molecule has 4 rings (SSSR count). The van der Waals surface area contributed by atoms with Gasteiger partial charge < -0.3 is 15.1 Å². The van der Waals surface area contributed by atoms with Crippen molar-refractivity contribution in [3.63, 3.8) is 0 Å². The van der Waals surface area contributed by atoms with Crippen LogP contribution < -0.4 is 10.2 Å². The molecule has 30 heavy (non-hydrogen) atoms. The highest BCUT2D eigenvalue weighted by molar-refractivity contribution is 5.84. The first kappa shape index (κ1) is 20.2. The molecule has 0 saturated carbocycles. The van der Waals surface area contributed by atoms with Crippen molar-refractivity contribution in [1.29, 1.82) is 0 Å². The van der Waals surface area contributed by atoms with Crippen LogP contribution in [-0.4, -0.2) is 43.0 Å². The van der Waals surface area contributed by atoms with Crippen LogP contribution in [0, 0.1) is 0 Å². The molecule has 3 aromatic rings. The second kappa shape index (κ2) is 9.59. The van der Waals surface area contributed by atoms with Crippen LogP contribution in [0.15, 0.2) is 84.9 Å². The van der Waals surface area contributed by atoms with Crippen LogP contribution in [-0.2, 0) is 11.3 Å². The average Bonchev–Trinajstić information content (AvgIpc) is 2.81. The predicted octanol–water partition coefficient (Wildman–Crippen LogP) is 3.08. The Labute approximate surface area is 179 Å². The Morgan fingerprint density at radius 2 is 1.43 bits per heavy atom. The minimum absolute atomic E-state index is 0.181. The standard InChI is InChI=1S/C26H29N3O/c1-21(27-25-14-12-24(13-15-25)23-10-6-3-7-11-23)26(30)29-18-16-28(17-19-29)20-22-8-4-2-5-9-22/h2-15,21,27H,16-20H2,1H3/p+1/t21-/m0/s1. The number of benzene rings is 3. The lowest BCUT2D eigenvalue weighted by Gasteiger charge is -2.34. The monoisotopic (exact) mass is 400 g/mol. The minimum atomic E-state index is -0.233. The number of carbonyl (C=O) groups excluding carboxylic acids is 1. The number of hydrogen-bond donors (Lipinski definition) is 2. The second-order valence-electron chi connectivity index (χ2n) is 8.05. The van der Waals surface area contributed by atoms with Crippen molar-refractivity contribution >= 4 is 11.6 Å². The lowest BCUT2D eigenvalue weighted by Crippen LogP contribution is -3.13. The third-order valence-electron chi connectivity index (χ3n) is 5.82. The van der Waals surface area contributed by atoms with E-state index >= 15 is 0 Å². The van der Waals surface area contributed by atoms with Gasteiger partial charge in [-0.1, -0.05) is 72.8 Å². The maximum atomic E-state index is 12.9. The highest BCUT2D eigenvalue weighted by Crippen LogP contribution is 2.21. The molecule has 154 valence electrons. The Bertz CT molecular complexity index is 933. The summed E-state index contributed by atoms with van der Waals surface area (Å²) in [6, 6.07) is 29.0. The first-order valence-electron chi connectivity index (χ1n) is 10.8. The van der Waals surface area contributed by atoms with E-state index in [1.165, 1.54) is 16.7 Å². The van der Waals surface area contributed by atoms with Crippen molar-refractivity contribution in [2.45, 2.75) is 19.5 Å². The summed E-state index contributed by atoms with van der Waals surface area (Å²) in [5.41, 5.74) is 4.71. The van der Waals surface area contributed by atoms with Crippen LogP contribution in [0.4, 0.5) is 5.69 Å². The quantitative estimate of drug-likeness (QED) is 0.667. The Hall–Kier alpha value is -3.11. The summed E-state index contributed by atoms with van der Waals surface area (Å²) < 4.78 is 0. The van der Waals surface area contributed by atoms with Crippen LogP contribution in [0.5, 0.6) is 0 Å². The van der Waals surface area contributed by atoms with Gasteiger partial charge in [-0.25, -0.2) is 0 Å². The number of hydrogen-bond acceptors (Lipinski definition) is 2. The van der Waals surface area contributed by atoms with Crippen LogP contribution in [0.2, 0.25) is 0 Å². The zero-order valence-electron chi connectivity index (χ0n) is 17.6. The highest BCUT2D eigenvalue weighted by Gasteiger charge is 2.26. The molecule has 0 aromatic heterocycles. The SMILES string of the molecule is C[C@H](Nc1ccc(-c2ccccc2)cc1)C(=O)N1CC[NH+](Cc2ccccc2)CC1. The highest BCUT2D eigenvalue weighted by atomic mass is 16.2. The minimum Gasteiger partial charge on any atom is -0.374 e. The molecule has 3 aromatic carbocycles. The van der Waals surface area contributed by atoms with E-state index in [4.69, 9.17) is 0 Å². The molecule has 1 amide bonds. The van der Waals surface area contributed by atoms with Gasteiger partial charge in [0.25, 0.3) is 0 Å². The van der Waals surface area contributed by atoms with Gasteiger partial charge in [0.1, 0.15) is 12.6 Å². The Morgan fingerprint density at radius 3 is 2.07 bits per heavy atom. The van der Waals surface area contributed by atoms with E-state index in [2.05, 4.69) is 59.9 Å². The van der Waals surface area contributed by atoms with Crippen LogP contribution in [0.25, 0.3) is 11.1 Å². The molecule has 0 radical (unpaired) electrons. The summed E-state index contributed by atoms with van der Waals surface area (Å²) >= 11 is 0. The van der Waals surface area contributed by atoms with Gasteiger partial charge in [0.15, 0.2) is 0 Å². The van der Waals surface area contributed by atoms with Gasteiger partial charge in [0.2, 0.25) is 5.91 Å². The summed E-state index contributed by atoms with van der Waals surface area (Å²) in [5, 5.41) is 3.37. The molecule has 4 heteroatoms. The molecular formula is C26H30N3O+. The van der Waals surface area contributed by atoms with Gasteiger partial charge in [-0.3, -0.25) is 4.79 Å². The van der Waals surface area contributed by atoms with Gasteiger partial charge in [-0.05, 0) is 30.2 Å². The van der Waals surface area contributed by atoms with Gasteiger partial charge in [0, 0.05) is 11.3 Å². The molecule has 1 fully saturated rings. The van der Waals surface area contributed by atoms with Crippen LogP contribution in [0.1, 0.15) is 12.5 Å². The van der Waals surface area contributed by atoms with Gasteiger partial charge >= 0.3 is 0 Å². The normalized spacial score (nSPS) is 15.6. The molecular weight excluding hydrogens is 370 g/mol. The summed E-state index contributed by atoms with van der Waals surface area (Å²) in [4.78, 5) is 16.5. The van der Waals surface area contributed by atoms with Gasteiger partial charge in [-0.2, -0.15) is 0 Å². The summed E-state index contributed by atoms with van der Waals surface area (Å²) in [6.07, 6.45) is 0. The lowest BCUT2D eigenvalue weighted by molar-refractivity contribution is -0.917. The summed E-state index contributed by atoms with van der Waals surface area (Å²) in [6.45, 7) is 6.62. The summed E-state index contributed by atoms with van der Waals surface area (Å²) in [5.74, 6) is 0.181. The molecule has 1 heterocycles. The molecule has 1 aliphatic heterocycles. The Balaban J connectivity index is 1.28. The van der Waals surface area contributed by atoms with E-state index in [0.29, 0.717) is 0 Å². The topological polar surface area (TPSA) is 36.8 Å².